The van der Waals surface area contributed by atoms with Gasteiger partial charge < -0.3 is 10.4 Å². The highest BCUT2D eigenvalue weighted by atomic mass is 16.3. The normalized spacial score (nSPS) is 20.3. The monoisotopic (exact) mass is 205 g/mol. The molecule has 0 amide bonds. The number of hydrogen-bond donors (Lipinski definition) is 2. The van der Waals surface area contributed by atoms with E-state index in [1.54, 1.807) is 6.07 Å². The summed E-state index contributed by atoms with van der Waals surface area (Å²) in [6.45, 7) is 6.52. The highest BCUT2D eigenvalue weighted by Crippen LogP contribution is 2.37. The quantitative estimate of drug-likeness (QED) is 0.739. The van der Waals surface area contributed by atoms with Gasteiger partial charge in [0.1, 0.15) is 5.75 Å². The van der Waals surface area contributed by atoms with Crippen molar-refractivity contribution in [2.75, 3.05) is 0 Å². The van der Waals surface area contributed by atoms with E-state index in [1.165, 1.54) is 5.56 Å². The van der Waals surface area contributed by atoms with Crippen LogP contribution in [-0.2, 0) is 6.42 Å². The van der Waals surface area contributed by atoms with Crippen molar-refractivity contribution in [2.45, 2.75) is 45.2 Å². The van der Waals surface area contributed by atoms with E-state index in [1.807, 2.05) is 6.07 Å². The fourth-order valence-electron chi connectivity index (χ4n) is 2.31. The Morgan fingerprint density at radius 2 is 2.07 bits per heavy atom. The van der Waals surface area contributed by atoms with Gasteiger partial charge in [-0.3, -0.25) is 0 Å². The van der Waals surface area contributed by atoms with Gasteiger partial charge in [0.25, 0.3) is 0 Å². The molecule has 2 N–H and O–H groups in total. The summed E-state index contributed by atoms with van der Waals surface area (Å²) in [7, 11) is 0. The SMILES string of the molecule is CC(C)(C)NC1CCc2c(O)cccc21. The molecule has 0 heterocycles. The van der Waals surface area contributed by atoms with Crippen LogP contribution in [-0.4, -0.2) is 10.6 Å². The molecule has 0 spiro atoms. The molecule has 1 aromatic rings. The lowest BCUT2D eigenvalue weighted by molar-refractivity contribution is 0.362. The molecule has 0 bridgehead atoms. The summed E-state index contributed by atoms with van der Waals surface area (Å²) in [6, 6.07) is 6.22. The van der Waals surface area contributed by atoms with Crippen molar-refractivity contribution in [3.63, 3.8) is 0 Å². The van der Waals surface area contributed by atoms with Crippen LogP contribution >= 0.6 is 0 Å². The zero-order chi connectivity index (χ0) is 11.1. The maximum Gasteiger partial charge on any atom is 0.119 e. The van der Waals surface area contributed by atoms with Gasteiger partial charge in [-0.05, 0) is 50.8 Å². The molecule has 82 valence electrons. The van der Waals surface area contributed by atoms with Gasteiger partial charge in [-0.2, -0.15) is 0 Å². The maximum atomic E-state index is 9.72. The number of aromatic hydroxyl groups is 1. The Hall–Kier alpha value is -1.02. The molecule has 0 aromatic heterocycles. The van der Waals surface area contributed by atoms with Gasteiger partial charge >= 0.3 is 0 Å². The summed E-state index contributed by atoms with van der Waals surface area (Å²) >= 11 is 0. The number of fused-ring (bicyclic) bond motifs is 1. The topological polar surface area (TPSA) is 32.3 Å². The number of phenolic OH excluding ortho intramolecular Hbond substituents is 1. The average Bonchev–Trinajstić information content (AvgIpc) is 2.48. The van der Waals surface area contributed by atoms with Crippen molar-refractivity contribution in [1.29, 1.82) is 0 Å². The lowest BCUT2D eigenvalue weighted by atomic mass is 10.0. The smallest absolute Gasteiger partial charge is 0.119 e. The Labute approximate surface area is 91.3 Å². The minimum Gasteiger partial charge on any atom is -0.508 e. The van der Waals surface area contributed by atoms with Gasteiger partial charge in [0.2, 0.25) is 0 Å². The van der Waals surface area contributed by atoms with Crippen molar-refractivity contribution >= 4 is 0 Å². The van der Waals surface area contributed by atoms with Crippen LogP contribution in [0.5, 0.6) is 5.75 Å². The van der Waals surface area contributed by atoms with E-state index < -0.39 is 0 Å². The first-order valence-corrected chi connectivity index (χ1v) is 5.56. The van der Waals surface area contributed by atoms with Crippen molar-refractivity contribution in [2.24, 2.45) is 0 Å². The molecule has 0 fully saturated rings. The molecule has 1 aliphatic rings. The third-order valence-electron chi connectivity index (χ3n) is 2.85. The Kier molecular flexibility index (Phi) is 2.47. The zero-order valence-electron chi connectivity index (χ0n) is 9.67. The molecule has 2 nitrogen and oxygen atoms in total. The molecule has 2 rings (SSSR count). The zero-order valence-corrected chi connectivity index (χ0v) is 9.67. The lowest BCUT2D eigenvalue weighted by Crippen LogP contribution is -2.37. The second-order valence-electron chi connectivity index (χ2n) is 5.33. The molecular weight excluding hydrogens is 186 g/mol. The maximum absolute atomic E-state index is 9.72. The van der Waals surface area contributed by atoms with E-state index in [2.05, 4.69) is 32.2 Å². The van der Waals surface area contributed by atoms with E-state index in [0.717, 1.165) is 18.4 Å². The average molecular weight is 205 g/mol. The van der Waals surface area contributed by atoms with Gasteiger partial charge in [0, 0.05) is 11.6 Å². The molecule has 1 aromatic carbocycles. The van der Waals surface area contributed by atoms with Crippen LogP contribution in [0.25, 0.3) is 0 Å². The number of nitrogens with one attached hydrogen (secondary N) is 1. The van der Waals surface area contributed by atoms with Crippen molar-refractivity contribution < 1.29 is 5.11 Å². The number of phenols is 1. The van der Waals surface area contributed by atoms with E-state index in [0.29, 0.717) is 11.8 Å². The summed E-state index contributed by atoms with van der Waals surface area (Å²) in [6.07, 6.45) is 2.07. The Balaban J connectivity index is 2.26. The van der Waals surface area contributed by atoms with Crippen molar-refractivity contribution in [1.82, 2.24) is 5.32 Å². The molecular formula is C13H19NO. The molecule has 0 saturated heterocycles. The van der Waals surface area contributed by atoms with Crippen LogP contribution in [0.15, 0.2) is 18.2 Å². The first-order valence-electron chi connectivity index (χ1n) is 5.56. The van der Waals surface area contributed by atoms with Crippen LogP contribution in [0.4, 0.5) is 0 Å². The summed E-state index contributed by atoms with van der Waals surface area (Å²) in [5.74, 6) is 0.450. The molecule has 1 atom stereocenters. The largest absolute Gasteiger partial charge is 0.508 e. The summed E-state index contributed by atoms with van der Waals surface area (Å²) in [5.41, 5.74) is 2.52. The van der Waals surface area contributed by atoms with Crippen LogP contribution in [0, 0.1) is 0 Å². The molecule has 1 aliphatic carbocycles. The van der Waals surface area contributed by atoms with E-state index in [-0.39, 0.29) is 5.54 Å². The molecule has 0 aliphatic heterocycles. The third-order valence-corrected chi connectivity index (χ3v) is 2.85. The van der Waals surface area contributed by atoms with Gasteiger partial charge in [-0.25, -0.2) is 0 Å². The predicted molar refractivity (Wildman–Crippen MR) is 62.1 cm³/mol. The van der Waals surface area contributed by atoms with E-state index in [4.69, 9.17) is 0 Å². The second-order valence-corrected chi connectivity index (χ2v) is 5.33. The molecule has 15 heavy (non-hydrogen) atoms. The third kappa shape index (κ3) is 2.15. The minimum atomic E-state index is 0.123. The fourth-order valence-corrected chi connectivity index (χ4v) is 2.31. The molecule has 2 heteroatoms. The second kappa shape index (κ2) is 3.53. The standard InChI is InChI=1S/C13H19NO/c1-13(2,3)14-11-8-7-10-9(11)5-4-6-12(10)15/h4-6,11,14-15H,7-8H2,1-3H3. The highest BCUT2D eigenvalue weighted by Gasteiger charge is 2.27. The number of hydrogen-bond acceptors (Lipinski definition) is 2. The first kappa shape index (κ1) is 10.5. The van der Waals surface area contributed by atoms with Crippen LogP contribution in [0.1, 0.15) is 44.4 Å². The van der Waals surface area contributed by atoms with Gasteiger partial charge in [0.15, 0.2) is 0 Å². The first-order chi connectivity index (χ1) is 6.97. The molecule has 0 saturated carbocycles. The number of rotatable bonds is 1. The molecule has 1 unspecified atom stereocenters. The number of benzene rings is 1. The van der Waals surface area contributed by atoms with E-state index in [9.17, 15) is 5.11 Å². The van der Waals surface area contributed by atoms with Gasteiger partial charge in [0.05, 0.1) is 0 Å². The van der Waals surface area contributed by atoms with Gasteiger partial charge in [-0.1, -0.05) is 12.1 Å². The summed E-state index contributed by atoms with van der Waals surface area (Å²) in [4.78, 5) is 0. The summed E-state index contributed by atoms with van der Waals surface area (Å²) in [5, 5.41) is 13.3. The van der Waals surface area contributed by atoms with Gasteiger partial charge in [-0.15, -0.1) is 0 Å². The van der Waals surface area contributed by atoms with Crippen LogP contribution in [0.3, 0.4) is 0 Å². The predicted octanol–water partition coefficient (Wildman–Crippen LogP) is 2.77. The van der Waals surface area contributed by atoms with E-state index >= 15 is 0 Å². The Bertz CT molecular complexity index is 365. The van der Waals surface area contributed by atoms with Crippen molar-refractivity contribution in [3.8, 4) is 5.75 Å². The van der Waals surface area contributed by atoms with Crippen molar-refractivity contribution in [3.05, 3.63) is 29.3 Å². The molecule has 0 radical (unpaired) electrons. The highest BCUT2D eigenvalue weighted by molar-refractivity contribution is 5.44. The Morgan fingerprint density at radius 3 is 2.73 bits per heavy atom. The summed E-state index contributed by atoms with van der Waals surface area (Å²) < 4.78 is 0. The fraction of sp³-hybridized carbons (Fsp3) is 0.538. The minimum absolute atomic E-state index is 0.123. The lowest BCUT2D eigenvalue weighted by Gasteiger charge is -2.26. The Morgan fingerprint density at radius 1 is 1.33 bits per heavy atom. The van der Waals surface area contributed by atoms with Crippen LogP contribution in [0.2, 0.25) is 0 Å². The van der Waals surface area contributed by atoms with Crippen LogP contribution < -0.4 is 5.32 Å².